The van der Waals surface area contributed by atoms with Crippen LogP contribution in [-0.2, 0) is 16.0 Å². The molecular weight excluding hydrogens is 454 g/mol. The number of ether oxygens (including phenoxy) is 2. The minimum atomic E-state index is -0.708. The zero-order valence-corrected chi connectivity index (χ0v) is 20.6. The van der Waals surface area contributed by atoms with Gasteiger partial charge < -0.3 is 19.5 Å². The molecule has 0 bridgehead atoms. The maximum atomic E-state index is 13.2. The van der Waals surface area contributed by atoms with Gasteiger partial charge >= 0.3 is 0 Å². The van der Waals surface area contributed by atoms with Crippen LogP contribution in [0.1, 0.15) is 43.0 Å². The Hall–Kier alpha value is -4.06. The summed E-state index contributed by atoms with van der Waals surface area (Å²) in [5, 5.41) is 11.3. The van der Waals surface area contributed by atoms with Crippen molar-refractivity contribution in [2.45, 2.75) is 32.7 Å². The zero-order chi connectivity index (χ0) is 25.5. The smallest absolute Gasteiger partial charge is 0.295 e. The third-order valence-corrected chi connectivity index (χ3v) is 6.13. The standard InChI is InChI=1S/C30H31NO5/c1-3-20-36-25-16-12-23(13-17-25)28(32)26-27(22-10-14-24(15-11-22)35-4-2)31(30(34)29(26)33)19-18-21-8-6-5-7-9-21/h5-17,27,32H,3-4,18-20H2,1-2H3. The molecule has 1 unspecified atom stereocenters. The highest BCUT2D eigenvalue weighted by Gasteiger charge is 2.45. The van der Waals surface area contributed by atoms with Crippen LogP contribution in [0, 0.1) is 0 Å². The average Bonchev–Trinajstić information content (AvgIpc) is 3.17. The summed E-state index contributed by atoms with van der Waals surface area (Å²) < 4.78 is 11.2. The fraction of sp³-hybridized carbons (Fsp3) is 0.267. The molecule has 0 aliphatic carbocycles. The van der Waals surface area contributed by atoms with Gasteiger partial charge in [-0.15, -0.1) is 0 Å². The van der Waals surface area contributed by atoms with Crippen LogP contribution in [0.25, 0.3) is 5.76 Å². The Kier molecular flexibility index (Phi) is 8.06. The summed E-state index contributed by atoms with van der Waals surface area (Å²) in [4.78, 5) is 28.0. The molecule has 1 aliphatic heterocycles. The number of likely N-dealkylation sites (tertiary alicyclic amines) is 1. The van der Waals surface area contributed by atoms with Crippen LogP contribution in [0.4, 0.5) is 0 Å². The van der Waals surface area contributed by atoms with E-state index < -0.39 is 17.7 Å². The summed E-state index contributed by atoms with van der Waals surface area (Å²) in [6.45, 7) is 5.40. The van der Waals surface area contributed by atoms with E-state index >= 15 is 0 Å². The number of rotatable bonds is 10. The highest BCUT2D eigenvalue weighted by atomic mass is 16.5. The van der Waals surface area contributed by atoms with E-state index in [0.717, 1.165) is 17.5 Å². The molecule has 3 aromatic carbocycles. The molecule has 1 amide bonds. The Morgan fingerprint density at radius 2 is 1.50 bits per heavy atom. The number of hydrogen-bond donors (Lipinski definition) is 1. The Labute approximate surface area is 211 Å². The molecule has 1 heterocycles. The highest BCUT2D eigenvalue weighted by Crippen LogP contribution is 2.40. The van der Waals surface area contributed by atoms with Gasteiger partial charge in [-0.05, 0) is 67.3 Å². The van der Waals surface area contributed by atoms with Crippen molar-refractivity contribution in [3.05, 3.63) is 101 Å². The predicted molar refractivity (Wildman–Crippen MR) is 139 cm³/mol. The number of hydrogen-bond acceptors (Lipinski definition) is 5. The van der Waals surface area contributed by atoms with E-state index in [2.05, 4.69) is 0 Å². The molecule has 1 N–H and O–H groups in total. The van der Waals surface area contributed by atoms with E-state index in [1.807, 2.05) is 68.4 Å². The second-order valence-electron chi connectivity index (χ2n) is 8.60. The summed E-state index contributed by atoms with van der Waals surface area (Å²) in [6.07, 6.45) is 1.47. The molecule has 6 heteroatoms. The monoisotopic (exact) mass is 485 g/mol. The molecule has 3 aromatic rings. The normalized spacial score (nSPS) is 16.8. The van der Waals surface area contributed by atoms with Gasteiger partial charge in [0, 0.05) is 12.1 Å². The first-order chi connectivity index (χ1) is 17.5. The summed E-state index contributed by atoms with van der Waals surface area (Å²) >= 11 is 0. The summed E-state index contributed by atoms with van der Waals surface area (Å²) in [7, 11) is 0. The van der Waals surface area contributed by atoms with Gasteiger partial charge in [0.05, 0.1) is 24.8 Å². The van der Waals surface area contributed by atoms with Crippen molar-refractivity contribution in [3.63, 3.8) is 0 Å². The lowest BCUT2D eigenvalue weighted by Gasteiger charge is -2.25. The van der Waals surface area contributed by atoms with E-state index in [9.17, 15) is 14.7 Å². The van der Waals surface area contributed by atoms with E-state index in [4.69, 9.17) is 9.47 Å². The van der Waals surface area contributed by atoms with Crippen molar-refractivity contribution in [1.29, 1.82) is 0 Å². The third-order valence-electron chi connectivity index (χ3n) is 6.13. The first kappa shape index (κ1) is 25.0. The Morgan fingerprint density at radius 3 is 2.14 bits per heavy atom. The number of aliphatic hydroxyl groups is 1. The lowest BCUT2D eigenvalue weighted by Crippen LogP contribution is -2.31. The van der Waals surface area contributed by atoms with Gasteiger partial charge in [-0.2, -0.15) is 0 Å². The van der Waals surface area contributed by atoms with Gasteiger partial charge in [0.15, 0.2) is 0 Å². The Morgan fingerprint density at radius 1 is 0.861 bits per heavy atom. The molecule has 1 fully saturated rings. The fourth-order valence-electron chi connectivity index (χ4n) is 4.35. The zero-order valence-electron chi connectivity index (χ0n) is 20.6. The van der Waals surface area contributed by atoms with Crippen LogP contribution in [0.3, 0.4) is 0 Å². The SMILES string of the molecule is CCCOc1ccc(C(O)=C2C(=O)C(=O)N(CCc3ccccc3)C2c2ccc(OCC)cc2)cc1. The van der Waals surface area contributed by atoms with Crippen molar-refractivity contribution < 1.29 is 24.2 Å². The van der Waals surface area contributed by atoms with Crippen molar-refractivity contribution in [1.82, 2.24) is 4.90 Å². The van der Waals surface area contributed by atoms with Crippen LogP contribution < -0.4 is 9.47 Å². The van der Waals surface area contributed by atoms with Crippen LogP contribution in [0.2, 0.25) is 0 Å². The first-order valence-electron chi connectivity index (χ1n) is 12.3. The lowest BCUT2D eigenvalue weighted by atomic mass is 9.95. The molecule has 0 saturated carbocycles. The fourth-order valence-corrected chi connectivity index (χ4v) is 4.35. The van der Waals surface area contributed by atoms with Crippen LogP contribution in [-0.4, -0.2) is 41.5 Å². The minimum absolute atomic E-state index is 0.0828. The number of Topliss-reactive ketones (excluding diaryl/α,β-unsaturated/α-hetero) is 1. The number of amides is 1. The van der Waals surface area contributed by atoms with Crippen molar-refractivity contribution in [2.24, 2.45) is 0 Å². The second kappa shape index (κ2) is 11.6. The maximum absolute atomic E-state index is 13.2. The van der Waals surface area contributed by atoms with Gasteiger partial charge in [0.2, 0.25) is 0 Å². The quantitative estimate of drug-likeness (QED) is 0.232. The third kappa shape index (κ3) is 5.43. The number of ketones is 1. The number of carbonyl (C=O) groups excluding carboxylic acids is 2. The lowest BCUT2D eigenvalue weighted by molar-refractivity contribution is -0.139. The van der Waals surface area contributed by atoms with Gasteiger partial charge in [-0.25, -0.2) is 0 Å². The van der Waals surface area contributed by atoms with Crippen LogP contribution in [0.5, 0.6) is 11.5 Å². The number of carbonyl (C=O) groups is 2. The number of benzene rings is 3. The molecule has 36 heavy (non-hydrogen) atoms. The minimum Gasteiger partial charge on any atom is -0.507 e. The van der Waals surface area contributed by atoms with E-state index in [0.29, 0.717) is 43.2 Å². The Bertz CT molecular complexity index is 1220. The molecule has 0 spiro atoms. The molecule has 6 nitrogen and oxygen atoms in total. The predicted octanol–water partition coefficient (Wildman–Crippen LogP) is 5.54. The largest absolute Gasteiger partial charge is 0.507 e. The van der Waals surface area contributed by atoms with Crippen molar-refractivity contribution in [2.75, 3.05) is 19.8 Å². The number of nitrogens with zero attached hydrogens (tertiary/aromatic N) is 1. The maximum Gasteiger partial charge on any atom is 0.295 e. The van der Waals surface area contributed by atoms with Gasteiger partial charge in [-0.3, -0.25) is 9.59 Å². The summed E-state index contributed by atoms with van der Waals surface area (Å²) in [5.74, 6) is -0.124. The molecule has 0 radical (unpaired) electrons. The average molecular weight is 486 g/mol. The molecule has 186 valence electrons. The van der Waals surface area contributed by atoms with Crippen LogP contribution >= 0.6 is 0 Å². The second-order valence-corrected chi connectivity index (χ2v) is 8.60. The summed E-state index contributed by atoms with van der Waals surface area (Å²) in [6, 6.07) is 23.3. The molecule has 4 rings (SSSR count). The van der Waals surface area contributed by atoms with E-state index in [1.165, 1.54) is 0 Å². The first-order valence-corrected chi connectivity index (χ1v) is 12.3. The molecule has 1 saturated heterocycles. The number of aliphatic hydroxyl groups excluding tert-OH is 1. The molecule has 1 aliphatic rings. The van der Waals surface area contributed by atoms with Crippen molar-refractivity contribution >= 4 is 17.4 Å². The Balaban J connectivity index is 1.72. The van der Waals surface area contributed by atoms with Crippen LogP contribution in [0.15, 0.2) is 84.4 Å². The van der Waals surface area contributed by atoms with E-state index in [-0.39, 0.29) is 11.3 Å². The van der Waals surface area contributed by atoms with Gasteiger partial charge in [0.25, 0.3) is 11.7 Å². The van der Waals surface area contributed by atoms with Crippen molar-refractivity contribution in [3.8, 4) is 11.5 Å². The topological polar surface area (TPSA) is 76.1 Å². The summed E-state index contributed by atoms with van der Waals surface area (Å²) in [5.41, 5.74) is 2.33. The molecule has 0 aromatic heterocycles. The van der Waals surface area contributed by atoms with Gasteiger partial charge in [-0.1, -0.05) is 49.4 Å². The highest BCUT2D eigenvalue weighted by molar-refractivity contribution is 6.46. The molecular formula is C30H31NO5. The van der Waals surface area contributed by atoms with E-state index in [1.54, 1.807) is 29.2 Å². The molecule has 1 atom stereocenters. The van der Waals surface area contributed by atoms with Gasteiger partial charge in [0.1, 0.15) is 17.3 Å².